The highest BCUT2D eigenvalue weighted by molar-refractivity contribution is 4.99. The molecule has 0 aromatic rings. The van der Waals surface area contributed by atoms with Crippen molar-refractivity contribution < 1.29 is 4.74 Å². The SMILES string of the molecule is CN(CC1(N(C)C)CCC1)C(CN)C1CCOC1. The van der Waals surface area contributed by atoms with E-state index in [0.717, 1.165) is 26.3 Å². The van der Waals surface area contributed by atoms with Gasteiger partial charge >= 0.3 is 0 Å². The van der Waals surface area contributed by atoms with Crippen molar-refractivity contribution in [3.8, 4) is 0 Å². The maximum atomic E-state index is 6.00. The Hall–Kier alpha value is -0.160. The van der Waals surface area contributed by atoms with Crippen molar-refractivity contribution in [2.45, 2.75) is 37.3 Å². The van der Waals surface area contributed by atoms with Crippen LogP contribution in [-0.2, 0) is 4.74 Å². The molecule has 1 saturated carbocycles. The van der Waals surface area contributed by atoms with E-state index in [-0.39, 0.29) is 0 Å². The number of ether oxygens (including phenoxy) is 1. The molecule has 2 unspecified atom stereocenters. The summed E-state index contributed by atoms with van der Waals surface area (Å²) in [5, 5.41) is 0. The van der Waals surface area contributed by atoms with E-state index < -0.39 is 0 Å². The summed E-state index contributed by atoms with van der Waals surface area (Å²) in [5.74, 6) is 0.624. The van der Waals surface area contributed by atoms with Crippen LogP contribution < -0.4 is 5.73 Å². The zero-order valence-electron chi connectivity index (χ0n) is 12.2. The minimum Gasteiger partial charge on any atom is -0.381 e. The Balaban J connectivity index is 1.94. The second-order valence-electron chi connectivity index (χ2n) is 6.31. The van der Waals surface area contributed by atoms with E-state index in [2.05, 4.69) is 30.9 Å². The van der Waals surface area contributed by atoms with Crippen LogP contribution in [0.15, 0.2) is 0 Å². The van der Waals surface area contributed by atoms with Crippen LogP contribution in [0.1, 0.15) is 25.7 Å². The van der Waals surface area contributed by atoms with E-state index in [1.807, 2.05) is 0 Å². The monoisotopic (exact) mass is 255 g/mol. The summed E-state index contributed by atoms with van der Waals surface area (Å²) in [6.07, 6.45) is 5.18. The standard InChI is InChI=1S/C14H29N3O/c1-16(2)14(6-4-7-14)11-17(3)13(9-15)12-5-8-18-10-12/h12-13H,4-11,15H2,1-3H3. The summed E-state index contributed by atoms with van der Waals surface area (Å²) in [6.45, 7) is 3.68. The summed E-state index contributed by atoms with van der Waals surface area (Å²) in [7, 11) is 6.66. The Kier molecular flexibility index (Phi) is 4.64. The predicted molar refractivity (Wildman–Crippen MR) is 74.7 cm³/mol. The molecule has 0 aromatic heterocycles. The normalized spacial score (nSPS) is 28.7. The van der Waals surface area contributed by atoms with Crippen LogP contribution in [0, 0.1) is 5.92 Å². The minimum absolute atomic E-state index is 0.391. The number of hydrogen-bond donors (Lipinski definition) is 1. The number of nitrogens with zero attached hydrogens (tertiary/aromatic N) is 2. The molecule has 2 fully saturated rings. The summed E-state index contributed by atoms with van der Waals surface area (Å²) < 4.78 is 5.52. The Morgan fingerprint density at radius 1 is 1.33 bits per heavy atom. The minimum atomic E-state index is 0.391. The Bertz CT molecular complexity index is 260. The molecule has 1 heterocycles. The van der Waals surface area contributed by atoms with Gasteiger partial charge in [0.15, 0.2) is 0 Å². The first-order chi connectivity index (χ1) is 8.59. The Morgan fingerprint density at radius 2 is 2.06 bits per heavy atom. The zero-order chi connectivity index (χ0) is 13.2. The summed E-state index contributed by atoms with van der Waals surface area (Å²) in [4.78, 5) is 4.89. The molecule has 0 radical (unpaired) electrons. The molecule has 1 aliphatic carbocycles. The lowest BCUT2D eigenvalue weighted by Gasteiger charge is -2.50. The summed E-state index contributed by atoms with van der Waals surface area (Å²) in [5.41, 5.74) is 6.39. The fourth-order valence-corrected chi connectivity index (χ4v) is 3.50. The van der Waals surface area contributed by atoms with Gasteiger partial charge in [-0.3, -0.25) is 4.90 Å². The largest absolute Gasteiger partial charge is 0.381 e. The molecule has 0 spiro atoms. The second-order valence-corrected chi connectivity index (χ2v) is 6.31. The van der Waals surface area contributed by atoms with Crippen molar-refractivity contribution in [1.82, 2.24) is 9.80 Å². The van der Waals surface area contributed by atoms with Gasteiger partial charge in [-0.1, -0.05) is 0 Å². The molecule has 4 nitrogen and oxygen atoms in total. The fraction of sp³-hybridized carbons (Fsp3) is 1.00. The van der Waals surface area contributed by atoms with Gasteiger partial charge in [-0.15, -0.1) is 0 Å². The third kappa shape index (κ3) is 2.72. The van der Waals surface area contributed by atoms with Crippen LogP contribution in [0.25, 0.3) is 0 Å². The van der Waals surface area contributed by atoms with Gasteiger partial charge in [0.2, 0.25) is 0 Å². The number of nitrogens with two attached hydrogens (primary N) is 1. The number of likely N-dealkylation sites (N-methyl/N-ethyl adjacent to an activating group) is 2. The smallest absolute Gasteiger partial charge is 0.0510 e. The van der Waals surface area contributed by atoms with Gasteiger partial charge in [0.25, 0.3) is 0 Å². The number of rotatable bonds is 6. The first-order valence-corrected chi connectivity index (χ1v) is 7.24. The zero-order valence-corrected chi connectivity index (χ0v) is 12.2. The van der Waals surface area contributed by atoms with Gasteiger partial charge in [0.1, 0.15) is 0 Å². The molecule has 2 N–H and O–H groups in total. The van der Waals surface area contributed by atoms with E-state index in [0.29, 0.717) is 17.5 Å². The van der Waals surface area contributed by atoms with Gasteiger partial charge in [-0.25, -0.2) is 0 Å². The molecule has 2 rings (SSSR count). The summed E-state index contributed by atoms with van der Waals surface area (Å²) >= 11 is 0. The average molecular weight is 255 g/mol. The third-order valence-electron chi connectivity index (χ3n) is 5.09. The maximum Gasteiger partial charge on any atom is 0.0510 e. The van der Waals surface area contributed by atoms with E-state index >= 15 is 0 Å². The van der Waals surface area contributed by atoms with E-state index in [1.54, 1.807) is 0 Å². The van der Waals surface area contributed by atoms with E-state index in [4.69, 9.17) is 10.5 Å². The maximum absolute atomic E-state index is 6.00. The molecule has 106 valence electrons. The average Bonchev–Trinajstić information content (AvgIpc) is 2.77. The lowest BCUT2D eigenvalue weighted by Crippen LogP contribution is -2.59. The molecule has 18 heavy (non-hydrogen) atoms. The molecule has 0 bridgehead atoms. The van der Waals surface area contributed by atoms with Crippen LogP contribution in [0.2, 0.25) is 0 Å². The number of hydrogen-bond acceptors (Lipinski definition) is 4. The van der Waals surface area contributed by atoms with Crippen molar-refractivity contribution >= 4 is 0 Å². The first-order valence-electron chi connectivity index (χ1n) is 7.24. The van der Waals surface area contributed by atoms with Crippen LogP contribution in [0.5, 0.6) is 0 Å². The van der Waals surface area contributed by atoms with Crippen LogP contribution >= 0.6 is 0 Å². The van der Waals surface area contributed by atoms with Crippen molar-refractivity contribution in [1.29, 1.82) is 0 Å². The van der Waals surface area contributed by atoms with Crippen molar-refractivity contribution in [3.63, 3.8) is 0 Å². The molecule has 2 aliphatic rings. The lowest BCUT2D eigenvalue weighted by atomic mass is 9.75. The third-order valence-corrected chi connectivity index (χ3v) is 5.09. The predicted octanol–water partition coefficient (Wildman–Crippen LogP) is 0.766. The highest BCUT2D eigenvalue weighted by Crippen LogP contribution is 2.37. The van der Waals surface area contributed by atoms with Gasteiger partial charge in [0.05, 0.1) is 6.61 Å². The van der Waals surface area contributed by atoms with Crippen molar-refractivity contribution in [2.75, 3.05) is 47.4 Å². The van der Waals surface area contributed by atoms with E-state index in [9.17, 15) is 0 Å². The van der Waals surface area contributed by atoms with Gasteiger partial charge in [0, 0.05) is 37.2 Å². The van der Waals surface area contributed by atoms with Crippen LogP contribution in [-0.4, -0.2) is 68.8 Å². The molecular formula is C14H29N3O. The Morgan fingerprint density at radius 3 is 2.44 bits per heavy atom. The molecule has 1 aliphatic heterocycles. The van der Waals surface area contributed by atoms with Gasteiger partial charge < -0.3 is 15.4 Å². The quantitative estimate of drug-likeness (QED) is 0.761. The topological polar surface area (TPSA) is 41.7 Å². The highest BCUT2D eigenvalue weighted by atomic mass is 16.5. The van der Waals surface area contributed by atoms with Crippen LogP contribution in [0.3, 0.4) is 0 Å². The molecule has 1 saturated heterocycles. The van der Waals surface area contributed by atoms with Crippen LogP contribution in [0.4, 0.5) is 0 Å². The van der Waals surface area contributed by atoms with E-state index in [1.165, 1.54) is 25.7 Å². The highest BCUT2D eigenvalue weighted by Gasteiger charge is 2.41. The molecule has 0 amide bonds. The molecule has 0 aromatic carbocycles. The molecular weight excluding hydrogens is 226 g/mol. The lowest BCUT2D eigenvalue weighted by molar-refractivity contribution is 0.00793. The fourth-order valence-electron chi connectivity index (χ4n) is 3.50. The first kappa shape index (κ1) is 14.3. The van der Waals surface area contributed by atoms with Gasteiger partial charge in [-0.2, -0.15) is 0 Å². The van der Waals surface area contributed by atoms with Gasteiger partial charge in [-0.05, 0) is 46.8 Å². The van der Waals surface area contributed by atoms with Crippen molar-refractivity contribution in [2.24, 2.45) is 11.7 Å². The molecule has 2 atom stereocenters. The Labute approximate surface area is 111 Å². The molecule has 4 heteroatoms. The summed E-state index contributed by atoms with van der Waals surface area (Å²) in [6, 6.07) is 0.477. The van der Waals surface area contributed by atoms with Crippen molar-refractivity contribution in [3.05, 3.63) is 0 Å². The second kappa shape index (κ2) is 5.87.